The molecular weight excluding hydrogens is 473 g/mol. The molecule has 9 nitrogen and oxygen atoms in total. The third kappa shape index (κ3) is 2.61. The van der Waals surface area contributed by atoms with Gasteiger partial charge in [-0.05, 0) is 39.6 Å². The first-order valence-corrected chi connectivity index (χ1v) is 9.74. The van der Waals surface area contributed by atoms with Crippen molar-refractivity contribution in [1.29, 1.82) is 0 Å². The fourth-order valence-corrected chi connectivity index (χ4v) is 4.75. The number of nitrogens with zero attached hydrogens (tertiary/aromatic N) is 4. The molecule has 11 heteroatoms. The van der Waals surface area contributed by atoms with E-state index in [1.165, 1.54) is 12.7 Å². The molecular formula is C15H16IN5O4S. The van der Waals surface area contributed by atoms with Gasteiger partial charge in [-0.15, -0.1) is 11.3 Å². The lowest BCUT2D eigenvalue weighted by molar-refractivity contribution is -0.145. The van der Waals surface area contributed by atoms with Crippen LogP contribution in [-0.4, -0.2) is 59.8 Å². The van der Waals surface area contributed by atoms with Crippen LogP contribution in [0.1, 0.15) is 5.56 Å². The lowest BCUT2D eigenvalue weighted by Gasteiger charge is -2.33. The minimum Gasteiger partial charge on any atom is -0.394 e. The summed E-state index contributed by atoms with van der Waals surface area (Å²) < 4.78 is 8.62. The molecule has 0 bridgehead atoms. The second kappa shape index (κ2) is 6.65. The Hall–Kier alpha value is -1.38. The van der Waals surface area contributed by atoms with Gasteiger partial charge in [0.15, 0.2) is 17.2 Å². The molecule has 0 unspecified atom stereocenters. The number of thiophene rings is 1. The van der Waals surface area contributed by atoms with Crippen LogP contribution in [0.3, 0.4) is 0 Å². The third-order valence-electron chi connectivity index (χ3n) is 4.61. The average molecular weight is 489 g/mol. The minimum atomic E-state index is -1.39. The molecule has 0 amide bonds. The van der Waals surface area contributed by atoms with E-state index in [-0.39, 0.29) is 12.2 Å². The number of aromatic nitrogens is 4. The van der Waals surface area contributed by atoms with Crippen LogP contribution >= 0.6 is 33.9 Å². The number of rotatable bonds is 4. The molecule has 4 heterocycles. The molecule has 3 aromatic heterocycles. The van der Waals surface area contributed by atoms with Crippen molar-refractivity contribution in [3.63, 3.8) is 0 Å². The molecule has 3 aromatic rings. The Bertz CT molecular complexity index is 949. The highest BCUT2D eigenvalue weighted by molar-refractivity contribution is 14.1. The number of nitrogen functional groups attached to an aromatic ring is 1. The molecule has 0 spiro atoms. The molecule has 0 saturated carbocycles. The predicted molar refractivity (Wildman–Crippen MR) is 102 cm³/mol. The first-order chi connectivity index (χ1) is 12.5. The zero-order valence-electron chi connectivity index (χ0n) is 13.4. The van der Waals surface area contributed by atoms with E-state index in [9.17, 15) is 15.3 Å². The molecule has 4 rings (SSSR count). The van der Waals surface area contributed by atoms with E-state index in [0.29, 0.717) is 11.2 Å². The molecule has 1 aliphatic heterocycles. The van der Waals surface area contributed by atoms with E-state index in [0.717, 1.165) is 8.45 Å². The largest absolute Gasteiger partial charge is 0.394 e. The number of hydrogen-bond donors (Lipinski definition) is 4. The molecule has 0 radical (unpaired) electrons. The van der Waals surface area contributed by atoms with Gasteiger partial charge < -0.3 is 25.8 Å². The van der Waals surface area contributed by atoms with Crippen LogP contribution in [0.2, 0.25) is 0 Å². The maximum Gasteiger partial charge on any atom is 0.180 e. The molecule has 138 valence electrons. The minimum absolute atomic E-state index is 0.209. The summed E-state index contributed by atoms with van der Waals surface area (Å²) in [5.74, 6) is 0.209. The van der Waals surface area contributed by atoms with E-state index in [2.05, 4.69) is 37.5 Å². The number of aliphatic hydroxyl groups excluding tert-OH is 3. The predicted octanol–water partition coefficient (Wildman–Crippen LogP) is 0.0830. The number of fused-ring (bicyclic) bond motifs is 1. The Kier molecular flexibility index (Phi) is 4.61. The summed E-state index contributed by atoms with van der Waals surface area (Å²) in [5.41, 5.74) is 6.19. The van der Waals surface area contributed by atoms with E-state index in [4.69, 9.17) is 10.5 Å². The lowest BCUT2D eigenvalue weighted by Crippen LogP contribution is -2.47. The van der Waals surface area contributed by atoms with Crippen molar-refractivity contribution in [3.8, 4) is 0 Å². The Morgan fingerprint density at radius 3 is 2.81 bits per heavy atom. The maximum absolute atomic E-state index is 10.9. The Morgan fingerprint density at radius 2 is 2.15 bits per heavy atom. The number of anilines is 1. The summed E-state index contributed by atoms with van der Waals surface area (Å²) in [6.45, 7) is -0.426. The van der Waals surface area contributed by atoms with Crippen LogP contribution in [0.5, 0.6) is 0 Å². The first-order valence-electron chi connectivity index (χ1n) is 7.78. The zero-order valence-corrected chi connectivity index (χ0v) is 16.3. The lowest BCUT2D eigenvalue weighted by atomic mass is 9.96. The van der Waals surface area contributed by atoms with Gasteiger partial charge in [0.25, 0.3) is 0 Å². The van der Waals surface area contributed by atoms with Crippen molar-refractivity contribution in [2.75, 3.05) is 12.3 Å². The number of hydrogen-bond acceptors (Lipinski definition) is 9. The Morgan fingerprint density at radius 1 is 1.35 bits per heavy atom. The highest BCUT2D eigenvalue weighted by Gasteiger charge is 2.56. The molecule has 0 aromatic carbocycles. The van der Waals surface area contributed by atoms with E-state index < -0.39 is 30.6 Å². The Balaban J connectivity index is 1.91. The number of ether oxygens (including phenoxy) is 1. The molecule has 4 atom stereocenters. The van der Waals surface area contributed by atoms with Gasteiger partial charge >= 0.3 is 0 Å². The number of aliphatic hydroxyl groups is 3. The van der Waals surface area contributed by atoms with E-state index in [1.54, 1.807) is 15.9 Å². The molecule has 1 aliphatic rings. The van der Waals surface area contributed by atoms with Gasteiger partial charge in [-0.3, -0.25) is 4.57 Å². The molecule has 5 N–H and O–H groups in total. The molecule has 1 fully saturated rings. The highest BCUT2D eigenvalue weighted by Crippen LogP contribution is 2.41. The van der Waals surface area contributed by atoms with Crippen molar-refractivity contribution in [2.24, 2.45) is 0 Å². The van der Waals surface area contributed by atoms with Crippen molar-refractivity contribution in [1.82, 2.24) is 19.5 Å². The number of halogens is 1. The van der Waals surface area contributed by atoms with Crippen LogP contribution < -0.4 is 5.73 Å². The van der Waals surface area contributed by atoms with Crippen LogP contribution in [-0.2, 0) is 16.9 Å². The monoisotopic (exact) mass is 489 g/mol. The summed E-state index contributed by atoms with van der Waals surface area (Å²) in [4.78, 5) is 12.4. The summed E-state index contributed by atoms with van der Waals surface area (Å²) in [7, 11) is 0. The normalized spacial score (nSPS) is 28.8. The smallest absolute Gasteiger partial charge is 0.180 e. The summed E-state index contributed by atoms with van der Waals surface area (Å²) in [5, 5.41) is 32.8. The van der Waals surface area contributed by atoms with Gasteiger partial charge in [0, 0.05) is 6.42 Å². The van der Waals surface area contributed by atoms with Crippen LogP contribution in [0.25, 0.3) is 11.2 Å². The molecule has 1 saturated heterocycles. The van der Waals surface area contributed by atoms with Crippen molar-refractivity contribution < 1.29 is 20.1 Å². The standard InChI is InChI=1S/C15H16IN5O4S/c16-12-7(1-2-26-12)3-15(11(24)10(23)8(4-22)25-15)21-6-20-9-13(17)18-5-19-14(9)21/h1-2,5-6,8,10-11,22-24H,3-4H2,(H2,17,18,19)/t8-,10-,11-,15-/m1/s1. The SMILES string of the molecule is Nc1ncnc2c1ncn2[C@]1(Cc2ccsc2I)O[C@H](CO)[C@@H](O)[C@H]1O. The van der Waals surface area contributed by atoms with Crippen LogP contribution in [0.4, 0.5) is 5.82 Å². The highest BCUT2D eigenvalue weighted by atomic mass is 127. The van der Waals surface area contributed by atoms with Crippen molar-refractivity contribution in [3.05, 3.63) is 32.5 Å². The van der Waals surface area contributed by atoms with Crippen molar-refractivity contribution in [2.45, 2.75) is 30.5 Å². The van der Waals surface area contributed by atoms with Gasteiger partial charge in [-0.1, -0.05) is 0 Å². The summed E-state index contributed by atoms with van der Waals surface area (Å²) in [6, 6.07) is 1.94. The summed E-state index contributed by atoms with van der Waals surface area (Å²) in [6.07, 6.45) is -0.460. The van der Waals surface area contributed by atoms with Crippen molar-refractivity contribution >= 4 is 50.9 Å². The number of nitrogens with two attached hydrogens (primary N) is 1. The van der Waals surface area contributed by atoms with Gasteiger partial charge in [-0.2, -0.15) is 0 Å². The summed E-state index contributed by atoms with van der Waals surface area (Å²) >= 11 is 3.78. The molecule has 26 heavy (non-hydrogen) atoms. The van der Waals surface area contributed by atoms with E-state index >= 15 is 0 Å². The zero-order chi connectivity index (χ0) is 18.5. The quantitative estimate of drug-likeness (QED) is 0.378. The number of imidazole rings is 1. The van der Waals surface area contributed by atoms with Crippen LogP contribution in [0, 0.1) is 2.88 Å². The maximum atomic E-state index is 10.9. The third-order valence-corrected chi connectivity index (χ3v) is 6.81. The average Bonchev–Trinajstić information content (AvgIpc) is 3.30. The van der Waals surface area contributed by atoms with Gasteiger partial charge in [0.2, 0.25) is 0 Å². The fourth-order valence-electron chi connectivity index (χ4n) is 3.30. The van der Waals surface area contributed by atoms with E-state index in [1.807, 2.05) is 11.4 Å². The van der Waals surface area contributed by atoms with Gasteiger partial charge in [0.05, 0.1) is 15.8 Å². The fraction of sp³-hybridized carbons (Fsp3) is 0.400. The topological polar surface area (TPSA) is 140 Å². The molecule has 0 aliphatic carbocycles. The Labute approximate surface area is 165 Å². The van der Waals surface area contributed by atoms with Gasteiger partial charge in [0.1, 0.15) is 30.2 Å². The second-order valence-corrected chi connectivity index (χ2v) is 8.79. The van der Waals surface area contributed by atoms with Gasteiger partial charge in [-0.25, -0.2) is 15.0 Å². The second-order valence-electron chi connectivity index (χ2n) is 6.06. The first kappa shape index (κ1) is 18.0. The van der Waals surface area contributed by atoms with Crippen LogP contribution in [0.15, 0.2) is 24.1 Å².